The van der Waals surface area contributed by atoms with Crippen LogP contribution in [0.4, 0.5) is 17.6 Å². The van der Waals surface area contributed by atoms with E-state index in [0.717, 1.165) is 0 Å². The van der Waals surface area contributed by atoms with Gasteiger partial charge in [0, 0.05) is 28.6 Å². The molecule has 2 aromatic rings. The van der Waals surface area contributed by atoms with Gasteiger partial charge in [-0.3, -0.25) is 4.79 Å². The molecule has 0 amide bonds. The van der Waals surface area contributed by atoms with Gasteiger partial charge in [0.15, 0.2) is 23.3 Å². The van der Waals surface area contributed by atoms with E-state index in [-0.39, 0.29) is 30.5 Å². The number of rotatable bonds is 7. The maximum absolute atomic E-state index is 14.9. The van der Waals surface area contributed by atoms with Crippen LogP contribution in [0.25, 0.3) is 0 Å². The third kappa shape index (κ3) is 4.01. The molecule has 0 N–H and O–H groups in total. The van der Waals surface area contributed by atoms with Crippen LogP contribution in [0.1, 0.15) is 37.8 Å². The molecule has 0 fully saturated rings. The molecule has 0 bridgehead atoms. The fourth-order valence-electron chi connectivity index (χ4n) is 3.39. The molecule has 0 radical (unpaired) electrons. The molecule has 0 spiro atoms. The Morgan fingerprint density at radius 1 is 1.07 bits per heavy atom. The molecule has 0 aliphatic heterocycles. The lowest BCUT2D eigenvalue weighted by molar-refractivity contribution is -0.123. The number of halogens is 5. The van der Waals surface area contributed by atoms with Gasteiger partial charge in [0.25, 0.3) is 0 Å². The van der Waals surface area contributed by atoms with E-state index in [1.807, 2.05) is 0 Å². The number of Topliss-reactive ketones (excluding diaryl/α,β-unsaturated/α-hetero) is 1. The van der Waals surface area contributed by atoms with Gasteiger partial charge >= 0.3 is 0 Å². The van der Waals surface area contributed by atoms with Crippen LogP contribution in [0.3, 0.4) is 0 Å². The molecule has 0 heterocycles. The molecule has 0 aliphatic rings. The molecule has 28 heavy (non-hydrogen) atoms. The second kappa shape index (κ2) is 8.74. The molecule has 152 valence electrons. The Labute approximate surface area is 170 Å². The first kappa shape index (κ1) is 22.6. The predicted molar refractivity (Wildman–Crippen MR) is 104 cm³/mol. The van der Waals surface area contributed by atoms with Gasteiger partial charge in [-0.1, -0.05) is 35.0 Å². The van der Waals surface area contributed by atoms with Crippen LogP contribution < -0.4 is 0 Å². The van der Waals surface area contributed by atoms with E-state index in [1.54, 1.807) is 57.1 Å². The van der Waals surface area contributed by atoms with Gasteiger partial charge in [0.05, 0.1) is 5.41 Å². The topological polar surface area (TPSA) is 20.3 Å². The summed E-state index contributed by atoms with van der Waals surface area (Å²) in [6, 6.07) is 6.18. The van der Waals surface area contributed by atoms with E-state index >= 15 is 0 Å². The maximum Gasteiger partial charge on any atom is 0.166 e. The molecule has 0 unspecified atom stereocenters. The lowest BCUT2D eigenvalue weighted by Gasteiger charge is -2.38. The van der Waals surface area contributed by atoms with Crippen molar-refractivity contribution >= 4 is 21.7 Å². The first-order valence-electron chi connectivity index (χ1n) is 8.85. The van der Waals surface area contributed by atoms with E-state index in [2.05, 4.69) is 15.9 Å². The van der Waals surface area contributed by atoms with Gasteiger partial charge in [-0.05, 0) is 45.1 Å². The second-order valence-electron chi connectivity index (χ2n) is 7.05. The summed E-state index contributed by atoms with van der Waals surface area (Å²) >= 11 is 3.29. The highest BCUT2D eigenvalue weighted by Gasteiger charge is 2.47. The van der Waals surface area contributed by atoms with Crippen molar-refractivity contribution in [3.63, 3.8) is 0 Å². The molecule has 2 rings (SSSR count). The molecule has 0 aliphatic carbocycles. The zero-order chi connectivity index (χ0) is 21.2. The molecule has 2 aromatic carbocycles. The average molecular weight is 460 g/mol. The summed E-state index contributed by atoms with van der Waals surface area (Å²) in [7, 11) is 3.51. The van der Waals surface area contributed by atoms with Gasteiger partial charge in [0.2, 0.25) is 0 Å². The number of carbonyl (C=O) groups is 1. The monoisotopic (exact) mass is 459 g/mol. The zero-order valence-corrected chi connectivity index (χ0v) is 17.7. The molecule has 0 aromatic heterocycles. The summed E-state index contributed by atoms with van der Waals surface area (Å²) in [6.07, 6.45) is -0.113. The number of hydrogen-bond acceptors (Lipinski definition) is 2. The molecule has 2 atom stereocenters. The normalized spacial score (nSPS) is 14.8. The number of hydrogen-bond donors (Lipinski definition) is 0. The highest BCUT2D eigenvalue weighted by molar-refractivity contribution is 9.10. The summed E-state index contributed by atoms with van der Waals surface area (Å²) in [4.78, 5) is 15.0. The highest BCUT2D eigenvalue weighted by atomic mass is 79.9. The summed E-state index contributed by atoms with van der Waals surface area (Å²) in [6.45, 7) is 3.34. The minimum atomic E-state index is -1.88. The van der Waals surface area contributed by atoms with Gasteiger partial charge in [0.1, 0.15) is 5.78 Å². The van der Waals surface area contributed by atoms with Crippen molar-refractivity contribution < 1.29 is 22.4 Å². The number of benzene rings is 2. The van der Waals surface area contributed by atoms with Crippen molar-refractivity contribution in [2.45, 2.75) is 38.1 Å². The third-order valence-corrected chi connectivity index (χ3v) is 5.68. The minimum absolute atomic E-state index is 0.0506. The first-order valence-corrected chi connectivity index (χ1v) is 9.64. The van der Waals surface area contributed by atoms with Gasteiger partial charge in [-0.15, -0.1) is 0 Å². The Balaban J connectivity index is 2.96. The SMILES string of the molecule is CCC(=O)[C@@](C[C@@H](C)N(C)C)(c1ccc(Br)cc1)c1c(F)c(F)cc(F)c1F. The van der Waals surface area contributed by atoms with Crippen LogP contribution in [0.2, 0.25) is 0 Å². The van der Waals surface area contributed by atoms with Gasteiger partial charge < -0.3 is 4.90 Å². The standard InChI is InChI=1S/C21H22BrF4NO/c1-5-17(28)21(11-12(2)27(3)4,13-6-8-14(22)9-7-13)18-19(25)15(23)10-16(24)20(18)26/h6-10,12H,5,11H2,1-4H3/t12-,21-/m1/s1. The molecular formula is C21H22BrF4NO. The Bertz CT molecular complexity index is 843. The van der Waals surface area contributed by atoms with Gasteiger partial charge in [-0.25, -0.2) is 17.6 Å². The Morgan fingerprint density at radius 3 is 2.00 bits per heavy atom. The molecule has 2 nitrogen and oxygen atoms in total. The summed E-state index contributed by atoms with van der Waals surface area (Å²) in [5.74, 6) is -6.68. The van der Waals surface area contributed by atoms with Crippen LogP contribution in [0, 0.1) is 23.3 Å². The summed E-state index contributed by atoms with van der Waals surface area (Å²) in [5, 5.41) is 0. The van der Waals surface area contributed by atoms with Crippen molar-refractivity contribution in [1.82, 2.24) is 4.90 Å². The first-order chi connectivity index (χ1) is 13.1. The van der Waals surface area contributed by atoms with Crippen molar-refractivity contribution in [1.29, 1.82) is 0 Å². The fourth-order valence-corrected chi connectivity index (χ4v) is 3.65. The predicted octanol–water partition coefficient (Wildman–Crippen LogP) is 5.61. The zero-order valence-electron chi connectivity index (χ0n) is 16.1. The minimum Gasteiger partial charge on any atom is -0.307 e. The van der Waals surface area contributed by atoms with E-state index in [9.17, 15) is 22.4 Å². The largest absolute Gasteiger partial charge is 0.307 e. The Kier molecular flexibility index (Phi) is 7.04. The highest BCUT2D eigenvalue weighted by Crippen LogP contribution is 2.43. The number of nitrogens with zero attached hydrogens (tertiary/aromatic N) is 1. The van der Waals surface area contributed by atoms with Crippen LogP contribution in [-0.2, 0) is 10.2 Å². The van der Waals surface area contributed by atoms with Crippen LogP contribution in [-0.4, -0.2) is 30.8 Å². The fraction of sp³-hybridized carbons (Fsp3) is 0.381. The van der Waals surface area contributed by atoms with Crippen molar-refractivity contribution in [3.8, 4) is 0 Å². The van der Waals surface area contributed by atoms with Crippen molar-refractivity contribution in [2.24, 2.45) is 0 Å². The van der Waals surface area contributed by atoms with E-state index in [1.165, 1.54) is 0 Å². The number of ketones is 1. The van der Waals surface area contributed by atoms with E-state index in [4.69, 9.17) is 0 Å². The van der Waals surface area contributed by atoms with E-state index in [0.29, 0.717) is 4.47 Å². The molecule has 0 saturated carbocycles. The summed E-state index contributed by atoms with van der Waals surface area (Å²) < 4.78 is 58.6. The third-order valence-electron chi connectivity index (χ3n) is 5.16. The Morgan fingerprint density at radius 2 is 1.57 bits per heavy atom. The van der Waals surface area contributed by atoms with E-state index < -0.39 is 40.0 Å². The molecular weight excluding hydrogens is 438 g/mol. The quantitative estimate of drug-likeness (QED) is 0.396. The molecule has 7 heteroatoms. The number of carbonyl (C=O) groups excluding carboxylic acids is 1. The molecule has 0 saturated heterocycles. The Hall–Kier alpha value is -1.73. The lowest BCUT2D eigenvalue weighted by atomic mass is 9.66. The van der Waals surface area contributed by atoms with Gasteiger partial charge in [-0.2, -0.15) is 0 Å². The average Bonchev–Trinajstić information content (AvgIpc) is 2.65. The lowest BCUT2D eigenvalue weighted by Crippen LogP contribution is -2.44. The maximum atomic E-state index is 14.9. The van der Waals surface area contributed by atoms with Crippen molar-refractivity contribution in [2.75, 3.05) is 14.1 Å². The smallest absolute Gasteiger partial charge is 0.166 e. The van der Waals surface area contributed by atoms with Crippen LogP contribution in [0.15, 0.2) is 34.8 Å². The second-order valence-corrected chi connectivity index (χ2v) is 7.96. The van der Waals surface area contributed by atoms with Crippen LogP contribution >= 0.6 is 15.9 Å². The van der Waals surface area contributed by atoms with Crippen molar-refractivity contribution in [3.05, 3.63) is 69.2 Å². The summed E-state index contributed by atoms with van der Waals surface area (Å²) in [5.41, 5.74) is -2.48. The van der Waals surface area contributed by atoms with Crippen LogP contribution in [0.5, 0.6) is 0 Å².